The van der Waals surface area contributed by atoms with Crippen LogP contribution < -0.4 is 0 Å². The molecule has 0 atom stereocenters. The van der Waals surface area contributed by atoms with Crippen molar-refractivity contribution in [1.82, 2.24) is 9.38 Å². The van der Waals surface area contributed by atoms with Crippen LogP contribution in [0.5, 0.6) is 0 Å². The molecule has 3 rings (SSSR count). The molecule has 0 saturated carbocycles. The number of imidazole rings is 1. The topological polar surface area (TPSA) is 80.7 Å². The molecule has 0 bridgehead atoms. The first-order valence-corrected chi connectivity index (χ1v) is 6.12. The largest absolute Gasteiger partial charge is 0.392 e. The molecule has 1 aromatic carbocycles. The Balaban J connectivity index is 2.17. The van der Waals surface area contributed by atoms with E-state index in [1.54, 1.807) is 28.9 Å². The predicted octanol–water partition coefficient (Wildman–Crippen LogP) is 2.54. The molecule has 1 N–H and O–H groups in total. The summed E-state index contributed by atoms with van der Waals surface area (Å²) in [6.45, 7) is -0.162. The molecule has 0 aliphatic carbocycles. The zero-order valence-corrected chi connectivity index (χ0v) is 10.7. The summed E-state index contributed by atoms with van der Waals surface area (Å²) in [7, 11) is 0. The van der Waals surface area contributed by atoms with Crippen LogP contribution in [-0.2, 0) is 6.61 Å². The van der Waals surface area contributed by atoms with Gasteiger partial charge in [-0.25, -0.2) is 4.98 Å². The van der Waals surface area contributed by atoms with Crippen molar-refractivity contribution in [3.8, 4) is 11.3 Å². The number of hydrogen-bond donors (Lipinski definition) is 1. The van der Waals surface area contributed by atoms with E-state index < -0.39 is 16.4 Å². The number of halogens is 1. The summed E-state index contributed by atoms with van der Waals surface area (Å²) in [6, 6.07) is 7.12. The van der Waals surface area contributed by atoms with Gasteiger partial charge in [-0.15, -0.1) is 0 Å². The third-order valence-electron chi connectivity index (χ3n) is 3.17. The zero-order chi connectivity index (χ0) is 15.0. The van der Waals surface area contributed by atoms with Gasteiger partial charge in [-0.1, -0.05) is 6.07 Å². The van der Waals surface area contributed by atoms with E-state index in [-0.39, 0.29) is 6.61 Å². The van der Waals surface area contributed by atoms with Gasteiger partial charge in [0.15, 0.2) is 0 Å². The highest BCUT2D eigenvalue weighted by molar-refractivity contribution is 5.66. The molecule has 0 fully saturated rings. The van der Waals surface area contributed by atoms with Crippen LogP contribution in [-0.4, -0.2) is 19.4 Å². The molecule has 0 aliphatic rings. The minimum absolute atomic E-state index is 0.162. The lowest BCUT2D eigenvalue weighted by Crippen LogP contribution is -1.93. The third-order valence-corrected chi connectivity index (χ3v) is 3.17. The van der Waals surface area contributed by atoms with Crippen molar-refractivity contribution in [2.75, 3.05) is 0 Å². The number of aromatic nitrogens is 2. The fourth-order valence-corrected chi connectivity index (χ4v) is 2.15. The molecule has 21 heavy (non-hydrogen) atoms. The predicted molar refractivity (Wildman–Crippen MR) is 73.2 cm³/mol. The second-order valence-electron chi connectivity index (χ2n) is 4.47. The molecule has 0 amide bonds. The van der Waals surface area contributed by atoms with Gasteiger partial charge in [0.05, 0.1) is 17.2 Å². The lowest BCUT2D eigenvalue weighted by molar-refractivity contribution is -0.387. The quantitative estimate of drug-likeness (QED) is 0.593. The lowest BCUT2D eigenvalue weighted by atomic mass is 10.1. The molecule has 0 spiro atoms. The Hall–Kier alpha value is -2.80. The van der Waals surface area contributed by atoms with E-state index in [0.717, 1.165) is 12.1 Å². The second kappa shape index (κ2) is 4.95. The first-order valence-electron chi connectivity index (χ1n) is 6.12. The van der Waals surface area contributed by atoms with Gasteiger partial charge in [0.25, 0.3) is 0 Å². The molecule has 2 aromatic heterocycles. The van der Waals surface area contributed by atoms with Gasteiger partial charge in [-0.3, -0.25) is 10.1 Å². The van der Waals surface area contributed by atoms with Crippen molar-refractivity contribution in [2.45, 2.75) is 6.61 Å². The number of fused-ring (bicyclic) bond motifs is 1. The molecule has 0 saturated heterocycles. The van der Waals surface area contributed by atoms with Crippen molar-refractivity contribution in [3.63, 3.8) is 0 Å². The van der Waals surface area contributed by atoms with Crippen molar-refractivity contribution >= 4 is 11.3 Å². The van der Waals surface area contributed by atoms with Gasteiger partial charge in [0, 0.05) is 29.6 Å². The summed E-state index contributed by atoms with van der Waals surface area (Å²) >= 11 is 0. The van der Waals surface area contributed by atoms with Crippen molar-refractivity contribution in [3.05, 3.63) is 64.2 Å². The molecule has 2 heterocycles. The second-order valence-corrected chi connectivity index (χ2v) is 4.47. The fourth-order valence-electron chi connectivity index (χ4n) is 2.15. The number of aliphatic hydroxyl groups excluding tert-OH is 1. The highest BCUT2D eigenvalue weighted by atomic mass is 19.1. The minimum atomic E-state index is -0.886. The fraction of sp³-hybridized carbons (Fsp3) is 0.0714. The van der Waals surface area contributed by atoms with E-state index in [2.05, 4.69) is 4.98 Å². The number of hydrogen-bond acceptors (Lipinski definition) is 4. The van der Waals surface area contributed by atoms with E-state index in [4.69, 9.17) is 0 Å². The van der Waals surface area contributed by atoms with E-state index in [0.29, 0.717) is 22.5 Å². The molecular formula is C14H10FN3O3. The van der Waals surface area contributed by atoms with Crippen LogP contribution in [0.1, 0.15) is 5.56 Å². The molecule has 0 unspecified atom stereocenters. The Morgan fingerprint density at radius 3 is 2.90 bits per heavy atom. The van der Waals surface area contributed by atoms with E-state index >= 15 is 0 Å². The first-order chi connectivity index (χ1) is 10.1. The van der Waals surface area contributed by atoms with Crippen LogP contribution in [0.15, 0.2) is 42.7 Å². The lowest BCUT2D eigenvalue weighted by Gasteiger charge is -1.98. The summed E-state index contributed by atoms with van der Waals surface area (Å²) in [5.74, 6) is -0.886. The Morgan fingerprint density at radius 1 is 1.38 bits per heavy atom. The van der Waals surface area contributed by atoms with Crippen LogP contribution in [0.4, 0.5) is 10.1 Å². The number of nitro groups is 1. The number of nitrogens with zero attached hydrogens (tertiary/aromatic N) is 3. The molecule has 106 valence electrons. The third kappa shape index (κ3) is 2.23. The Labute approximate surface area is 118 Å². The molecule has 7 heteroatoms. The number of pyridine rings is 1. The first kappa shape index (κ1) is 13.2. The number of nitro benzene ring substituents is 1. The maximum atomic E-state index is 13.4. The van der Waals surface area contributed by atoms with Crippen LogP contribution in [0, 0.1) is 15.9 Å². The maximum Gasteiger partial charge on any atom is 0.305 e. The molecule has 0 radical (unpaired) electrons. The monoisotopic (exact) mass is 287 g/mol. The summed E-state index contributed by atoms with van der Waals surface area (Å²) in [5, 5.41) is 20.1. The summed E-state index contributed by atoms with van der Waals surface area (Å²) in [6.07, 6.45) is 3.42. The van der Waals surface area contributed by atoms with Crippen LogP contribution >= 0.6 is 0 Å². The van der Waals surface area contributed by atoms with E-state index in [9.17, 15) is 19.6 Å². The molecule has 6 nitrogen and oxygen atoms in total. The van der Waals surface area contributed by atoms with Gasteiger partial charge in [-0.05, 0) is 18.2 Å². The highest BCUT2D eigenvalue weighted by Gasteiger charge is 2.16. The Morgan fingerprint density at radius 2 is 2.19 bits per heavy atom. The Bertz CT molecular complexity index is 845. The summed E-state index contributed by atoms with van der Waals surface area (Å²) in [4.78, 5) is 14.4. The molecule has 0 aliphatic heterocycles. The number of rotatable bonds is 3. The maximum absolute atomic E-state index is 13.4. The minimum Gasteiger partial charge on any atom is -0.392 e. The van der Waals surface area contributed by atoms with Gasteiger partial charge in [0.1, 0.15) is 5.65 Å². The number of aliphatic hydroxyl groups is 1. The Kier molecular flexibility index (Phi) is 3.11. The molecular weight excluding hydrogens is 277 g/mol. The van der Waals surface area contributed by atoms with Crippen molar-refractivity contribution in [2.24, 2.45) is 0 Å². The summed E-state index contributed by atoms with van der Waals surface area (Å²) in [5.41, 5.74) is 1.52. The number of benzene rings is 1. The summed E-state index contributed by atoms with van der Waals surface area (Å²) < 4.78 is 15.1. The zero-order valence-electron chi connectivity index (χ0n) is 10.7. The molecule has 3 aromatic rings. The van der Waals surface area contributed by atoms with Crippen molar-refractivity contribution < 1.29 is 14.4 Å². The average molecular weight is 287 g/mol. The SMILES string of the molecule is O=[N+]([O-])c1cc(-c2cn3cccc(CO)c3n2)ccc1F. The van der Waals surface area contributed by atoms with Crippen LogP contribution in [0.3, 0.4) is 0 Å². The average Bonchev–Trinajstić information content (AvgIpc) is 2.91. The smallest absolute Gasteiger partial charge is 0.305 e. The van der Waals surface area contributed by atoms with E-state index in [1.165, 1.54) is 6.07 Å². The van der Waals surface area contributed by atoms with Crippen molar-refractivity contribution in [1.29, 1.82) is 0 Å². The highest BCUT2D eigenvalue weighted by Crippen LogP contribution is 2.26. The van der Waals surface area contributed by atoms with Gasteiger partial charge in [0.2, 0.25) is 5.82 Å². The van der Waals surface area contributed by atoms with Gasteiger partial charge in [-0.2, -0.15) is 4.39 Å². The normalized spacial score (nSPS) is 11.0. The standard InChI is InChI=1S/C14H10FN3O3/c15-11-4-3-9(6-13(11)18(20)21)12-7-17-5-1-2-10(8-19)14(17)16-12/h1-7,19H,8H2. The van der Waals surface area contributed by atoms with Gasteiger partial charge < -0.3 is 9.51 Å². The van der Waals surface area contributed by atoms with Gasteiger partial charge >= 0.3 is 5.69 Å². The van der Waals surface area contributed by atoms with Crippen LogP contribution in [0.2, 0.25) is 0 Å². The van der Waals surface area contributed by atoms with Crippen LogP contribution in [0.25, 0.3) is 16.9 Å². The van der Waals surface area contributed by atoms with E-state index in [1.807, 2.05) is 0 Å².